The molecular weight excluding hydrogens is 170 g/mol. The molecule has 2 nitrogen and oxygen atoms in total. The summed E-state index contributed by atoms with van der Waals surface area (Å²) in [5, 5.41) is 2.99. The van der Waals surface area contributed by atoms with E-state index in [1.807, 2.05) is 32.9 Å². The maximum absolute atomic E-state index is 5.06. The fourth-order valence-corrected chi connectivity index (χ4v) is 0.697. The minimum atomic E-state index is 0.683. The van der Waals surface area contributed by atoms with E-state index < -0.39 is 0 Å². The fourth-order valence-electron chi connectivity index (χ4n) is 0.625. The van der Waals surface area contributed by atoms with E-state index in [0.717, 1.165) is 10.7 Å². The first-order valence-electron chi connectivity index (χ1n) is 4.06. The highest BCUT2D eigenvalue weighted by Gasteiger charge is 1.92. The highest BCUT2D eigenvalue weighted by Crippen LogP contribution is 1.97. The summed E-state index contributed by atoms with van der Waals surface area (Å²) in [5.41, 5.74) is 0. The van der Waals surface area contributed by atoms with Gasteiger partial charge in [-0.1, -0.05) is 26.1 Å². The lowest BCUT2D eigenvalue weighted by molar-refractivity contribution is 0.503. The van der Waals surface area contributed by atoms with Crippen LogP contribution in [-0.2, 0) is 6.54 Å². The topological polar surface area (TPSA) is 25.2 Å². The van der Waals surface area contributed by atoms with Gasteiger partial charge in [0.1, 0.15) is 5.76 Å². The minimum absolute atomic E-state index is 0.683. The summed E-state index contributed by atoms with van der Waals surface area (Å²) in [6.45, 7) is 6.53. The summed E-state index contributed by atoms with van der Waals surface area (Å²) in [7, 11) is 0. The summed E-state index contributed by atoms with van der Waals surface area (Å²) in [6.07, 6.45) is 1.65. The normalized spacial score (nSPS) is 8.25. The molecule has 0 saturated heterocycles. The summed E-state index contributed by atoms with van der Waals surface area (Å²) in [4.78, 5) is 0.788. The maximum Gasteiger partial charge on any atom is 0.122 e. The van der Waals surface area contributed by atoms with Gasteiger partial charge >= 0.3 is 0 Å². The van der Waals surface area contributed by atoms with E-state index in [-0.39, 0.29) is 0 Å². The average molecular weight is 185 g/mol. The number of hydrogen-bond donors (Lipinski definition) is 1. The molecule has 1 N–H and O–H groups in total. The second-order valence-electron chi connectivity index (χ2n) is 1.99. The van der Waals surface area contributed by atoms with Crippen LogP contribution in [0.5, 0.6) is 0 Å². The fraction of sp³-hybridized carbons (Fsp3) is 0.444. The van der Waals surface area contributed by atoms with Crippen molar-refractivity contribution in [3.8, 4) is 0 Å². The molecule has 0 radical (unpaired) electrons. The molecule has 0 atom stereocenters. The van der Waals surface area contributed by atoms with Crippen molar-refractivity contribution in [3.05, 3.63) is 24.2 Å². The van der Waals surface area contributed by atoms with Gasteiger partial charge < -0.3 is 9.73 Å². The number of furan rings is 1. The van der Waals surface area contributed by atoms with Crippen LogP contribution in [-0.4, -0.2) is 4.99 Å². The van der Waals surface area contributed by atoms with E-state index in [9.17, 15) is 0 Å². The van der Waals surface area contributed by atoms with Gasteiger partial charge in [-0.15, -0.1) is 0 Å². The van der Waals surface area contributed by atoms with Crippen LogP contribution in [0, 0.1) is 0 Å². The lowest BCUT2D eigenvalue weighted by Crippen LogP contribution is -2.16. The lowest BCUT2D eigenvalue weighted by Gasteiger charge is -1.98. The van der Waals surface area contributed by atoms with E-state index in [4.69, 9.17) is 16.6 Å². The van der Waals surface area contributed by atoms with E-state index in [2.05, 4.69) is 5.32 Å². The Hall–Kier alpha value is -0.830. The Balaban J connectivity index is 0.000000561. The van der Waals surface area contributed by atoms with E-state index in [1.54, 1.807) is 6.26 Å². The Morgan fingerprint density at radius 3 is 2.67 bits per heavy atom. The van der Waals surface area contributed by atoms with Gasteiger partial charge in [0.25, 0.3) is 0 Å². The molecule has 0 saturated carbocycles. The predicted octanol–water partition coefficient (Wildman–Crippen LogP) is 2.74. The van der Waals surface area contributed by atoms with E-state index in [1.165, 1.54) is 0 Å². The first-order valence-corrected chi connectivity index (χ1v) is 4.46. The Morgan fingerprint density at radius 2 is 2.25 bits per heavy atom. The van der Waals surface area contributed by atoms with Gasteiger partial charge in [-0.2, -0.15) is 0 Å². The van der Waals surface area contributed by atoms with Crippen LogP contribution >= 0.6 is 12.2 Å². The molecule has 0 aromatic carbocycles. The smallest absolute Gasteiger partial charge is 0.122 e. The van der Waals surface area contributed by atoms with Crippen LogP contribution < -0.4 is 5.32 Å². The molecule has 3 heteroatoms. The van der Waals surface area contributed by atoms with Crippen molar-refractivity contribution in [1.82, 2.24) is 5.32 Å². The number of nitrogens with one attached hydrogen (secondary N) is 1. The molecule has 1 aromatic rings. The molecule has 1 aromatic heterocycles. The summed E-state index contributed by atoms with van der Waals surface area (Å²) >= 11 is 4.82. The largest absolute Gasteiger partial charge is 0.467 e. The molecule has 1 heterocycles. The molecule has 1 rings (SSSR count). The third-order valence-electron chi connectivity index (χ3n) is 1.09. The van der Waals surface area contributed by atoms with Gasteiger partial charge in [0.05, 0.1) is 17.8 Å². The van der Waals surface area contributed by atoms with Gasteiger partial charge in [0.15, 0.2) is 0 Å². The zero-order valence-corrected chi connectivity index (χ0v) is 8.57. The quantitative estimate of drug-likeness (QED) is 0.717. The van der Waals surface area contributed by atoms with Crippen molar-refractivity contribution in [2.24, 2.45) is 0 Å². The highest BCUT2D eigenvalue weighted by molar-refractivity contribution is 7.80. The molecule has 0 bridgehead atoms. The van der Waals surface area contributed by atoms with Gasteiger partial charge in [0.2, 0.25) is 0 Å². The Morgan fingerprint density at radius 1 is 1.58 bits per heavy atom. The molecule has 0 aliphatic heterocycles. The van der Waals surface area contributed by atoms with E-state index in [0.29, 0.717) is 6.54 Å². The molecular formula is C9H15NOS. The summed E-state index contributed by atoms with van der Waals surface area (Å²) in [6, 6.07) is 3.76. The molecule has 68 valence electrons. The molecule has 0 fully saturated rings. The zero-order valence-electron chi connectivity index (χ0n) is 7.76. The number of hydrogen-bond acceptors (Lipinski definition) is 2. The van der Waals surface area contributed by atoms with Crippen molar-refractivity contribution in [2.75, 3.05) is 0 Å². The van der Waals surface area contributed by atoms with Crippen LogP contribution in [0.2, 0.25) is 0 Å². The number of thiocarbonyl (C=S) groups is 1. The molecule has 0 amide bonds. The molecule has 0 aliphatic rings. The third kappa shape index (κ3) is 4.91. The third-order valence-corrected chi connectivity index (χ3v) is 1.24. The predicted molar refractivity (Wildman–Crippen MR) is 55.2 cm³/mol. The van der Waals surface area contributed by atoms with Crippen LogP contribution in [0.1, 0.15) is 26.5 Å². The average Bonchev–Trinajstić information content (AvgIpc) is 2.56. The monoisotopic (exact) mass is 185 g/mol. The highest BCUT2D eigenvalue weighted by atomic mass is 32.1. The standard InChI is InChI=1S/C7H9NOS.C2H6/c1-6(10)8-5-7-3-2-4-9-7;1-2/h2-4H,5H2,1H3,(H,8,10);1-2H3. The van der Waals surface area contributed by atoms with Crippen LogP contribution in [0.3, 0.4) is 0 Å². The first kappa shape index (κ1) is 11.2. The van der Waals surface area contributed by atoms with Gasteiger partial charge in [-0.05, 0) is 19.1 Å². The van der Waals surface area contributed by atoms with Gasteiger partial charge in [0, 0.05) is 0 Å². The van der Waals surface area contributed by atoms with E-state index >= 15 is 0 Å². The van der Waals surface area contributed by atoms with Crippen molar-refractivity contribution in [3.63, 3.8) is 0 Å². The Bertz CT molecular complexity index is 206. The SMILES string of the molecule is CC.CC(=S)NCc1ccco1. The molecule has 0 spiro atoms. The van der Waals surface area contributed by atoms with Gasteiger partial charge in [-0.25, -0.2) is 0 Å². The zero-order chi connectivity index (χ0) is 9.40. The van der Waals surface area contributed by atoms with Crippen molar-refractivity contribution in [2.45, 2.75) is 27.3 Å². The van der Waals surface area contributed by atoms with Crippen molar-refractivity contribution in [1.29, 1.82) is 0 Å². The van der Waals surface area contributed by atoms with Crippen LogP contribution in [0.25, 0.3) is 0 Å². The van der Waals surface area contributed by atoms with Crippen molar-refractivity contribution < 1.29 is 4.42 Å². The summed E-state index contributed by atoms with van der Waals surface area (Å²) in [5.74, 6) is 0.907. The molecule has 12 heavy (non-hydrogen) atoms. The van der Waals surface area contributed by atoms with Crippen molar-refractivity contribution >= 4 is 17.2 Å². The van der Waals surface area contributed by atoms with Crippen LogP contribution in [0.4, 0.5) is 0 Å². The molecule has 0 aliphatic carbocycles. The second-order valence-corrected chi connectivity index (χ2v) is 2.60. The van der Waals surface area contributed by atoms with Crippen LogP contribution in [0.15, 0.2) is 22.8 Å². The molecule has 0 unspecified atom stereocenters. The minimum Gasteiger partial charge on any atom is -0.467 e. The summed E-state index contributed by atoms with van der Waals surface area (Å²) < 4.78 is 5.06. The second kappa shape index (κ2) is 6.85. The first-order chi connectivity index (χ1) is 5.79. The Labute approximate surface area is 79.0 Å². The Kier molecular flexibility index (Phi) is 6.38. The number of rotatable bonds is 2. The maximum atomic E-state index is 5.06. The van der Waals surface area contributed by atoms with Gasteiger partial charge in [-0.3, -0.25) is 0 Å². The lowest BCUT2D eigenvalue weighted by atomic mass is 10.4.